The molecule has 0 aliphatic heterocycles. The van der Waals surface area contributed by atoms with Crippen molar-refractivity contribution in [1.82, 2.24) is 19.7 Å². The van der Waals surface area contributed by atoms with E-state index in [1.165, 1.54) is 18.5 Å². The fraction of sp³-hybridized carbons (Fsp3) is 0.429. The van der Waals surface area contributed by atoms with Crippen LogP contribution in [0.2, 0.25) is 0 Å². The molecule has 0 spiro atoms. The summed E-state index contributed by atoms with van der Waals surface area (Å²) in [7, 11) is 0. The first kappa shape index (κ1) is 13.2. The number of fused-ring (bicyclic) bond motifs is 1. The lowest BCUT2D eigenvalue weighted by Crippen LogP contribution is -2.19. The lowest BCUT2D eigenvalue weighted by Gasteiger charge is -2.16. The van der Waals surface area contributed by atoms with Gasteiger partial charge in [-0.25, -0.2) is 4.98 Å². The molecule has 0 saturated carbocycles. The van der Waals surface area contributed by atoms with E-state index in [0.29, 0.717) is 10.8 Å². The van der Waals surface area contributed by atoms with Crippen LogP contribution in [0, 0.1) is 13.8 Å². The van der Waals surface area contributed by atoms with Gasteiger partial charge < -0.3 is 5.73 Å². The van der Waals surface area contributed by atoms with Gasteiger partial charge in [-0.1, -0.05) is 12.2 Å². The standard InChI is InChI=1S/C14H17N5S/c1-8-9(2)17-18-14(12(8)13(15)20)19-7-16-10-5-3-4-6-11(10)19/h7H,3-6H2,1-2H3,(H2,15,20). The predicted molar refractivity (Wildman–Crippen MR) is 81.2 cm³/mol. The van der Waals surface area contributed by atoms with Gasteiger partial charge >= 0.3 is 0 Å². The second-order valence-corrected chi connectivity index (χ2v) is 5.63. The summed E-state index contributed by atoms with van der Waals surface area (Å²) in [5, 5.41) is 8.53. The van der Waals surface area contributed by atoms with Gasteiger partial charge in [0, 0.05) is 5.69 Å². The molecule has 0 atom stereocenters. The summed E-state index contributed by atoms with van der Waals surface area (Å²) in [6.07, 6.45) is 6.24. The van der Waals surface area contributed by atoms with Gasteiger partial charge in [0.25, 0.3) is 0 Å². The van der Waals surface area contributed by atoms with Crippen LogP contribution in [0.25, 0.3) is 5.82 Å². The Bertz CT molecular complexity index is 689. The highest BCUT2D eigenvalue weighted by Crippen LogP contribution is 2.25. The van der Waals surface area contributed by atoms with Gasteiger partial charge in [-0.05, 0) is 45.1 Å². The Morgan fingerprint density at radius 3 is 2.75 bits per heavy atom. The Balaban J connectivity index is 2.22. The van der Waals surface area contributed by atoms with E-state index >= 15 is 0 Å². The first-order chi connectivity index (χ1) is 9.59. The Hall–Kier alpha value is -1.82. The van der Waals surface area contributed by atoms with Crippen LogP contribution in [0.3, 0.4) is 0 Å². The summed E-state index contributed by atoms with van der Waals surface area (Å²) in [6, 6.07) is 0. The third-order valence-electron chi connectivity index (χ3n) is 3.94. The third-order valence-corrected chi connectivity index (χ3v) is 4.14. The van der Waals surface area contributed by atoms with Crippen LogP contribution in [0.5, 0.6) is 0 Å². The fourth-order valence-corrected chi connectivity index (χ4v) is 2.96. The lowest BCUT2D eigenvalue weighted by molar-refractivity contribution is 0.652. The highest BCUT2D eigenvalue weighted by Gasteiger charge is 2.21. The average Bonchev–Trinajstić information content (AvgIpc) is 2.85. The van der Waals surface area contributed by atoms with Crippen LogP contribution in [0.4, 0.5) is 0 Å². The van der Waals surface area contributed by atoms with Crippen LogP contribution >= 0.6 is 12.2 Å². The monoisotopic (exact) mass is 287 g/mol. The van der Waals surface area contributed by atoms with Gasteiger partial charge in [0.1, 0.15) is 11.3 Å². The minimum atomic E-state index is 0.355. The van der Waals surface area contributed by atoms with Crippen molar-refractivity contribution >= 4 is 17.2 Å². The first-order valence-electron chi connectivity index (χ1n) is 6.78. The number of nitrogens with zero attached hydrogens (tertiary/aromatic N) is 4. The number of nitrogens with two attached hydrogens (primary N) is 1. The minimum Gasteiger partial charge on any atom is -0.389 e. The van der Waals surface area contributed by atoms with Gasteiger partial charge in [-0.2, -0.15) is 5.10 Å². The molecule has 3 rings (SSSR count). The Morgan fingerprint density at radius 1 is 1.25 bits per heavy atom. The molecule has 2 N–H and O–H groups in total. The second-order valence-electron chi connectivity index (χ2n) is 5.19. The molecule has 0 bridgehead atoms. The largest absolute Gasteiger partial charge is 0.389 e. The highest BCUT2D eigenvalue weighted by atomic mass is 32.1. The van der Waals surface area contributed by atoms with E-state index in [-0.39, 0.29) is 0 Å². The quantitative estimate of drug-likeness (QED) is 0.853. The van der Waals surface area contributed by atoms with Crippen molar-refractivity contribution in [3.8, 4) is 5.82 Å². The molecular formula is C14H17N5S. The van der Waals surface area contributed by atoms with E-state index in [1.54, 1.807) is 0 Å². The van der Waals surface area contributed by atoms with E-state index in [2.05, 4.69) is 15.2 Å². The zero-order valence-corrected chi connectivity index (χ0v) is 12.5. The van der Waals surface area contributed by atoms with Gasteiger partial charge in [-0.3, -0.25) is 4.57 Å². The number of hydrogen-bond donors (Lipinski definition) is 1. The van der Waals surface area contributed by atoms with E-state index in [0.717, 1.165) is 35.4 Å². The molecule has 6 heteroatoms. The molecule has 20 heavy (non-hydrogen) atoms. The van der Waals surface area contributed by atoms with Gasteiger partial charge in [0.05, 0.1) is 17.0 Å². The molecular weight excluding hydrogens is 270 g/mol. The summed E-state index contributed by atoms with van der Waals surface area (Å²) in [4.78, 5) is 4.85. The molecule has 2 heterocycles. The maximum atomic E-state index is 5.90. The summed E-state index contributed by atoms with van der Waals surface area (Å²) in [5.74, 6) is 0.705. The topological polar surface area (TPSA) is 69.6 Å². The van der Waals surface area contributed by atoms with Crippen molar-refractivity contribution in [3.05, 3.63) is 34.5 Å². The van der Waals surface area contributed by atoms with Crippen LogP contribution in [-0.2, 0) is 12.8 Å². The molecule has 0 fully saturated rings. The number of imidazole rings is 1. The van der Waals surface area contributed by atoms with Crippen LogP contribution in [-0.4, -0.2) is 24.7 Å². The number of thiocarbonyl (C=S) groups is 1. The summed E-state index contributed by atoms with van der Waals surface area (Å²) in [6.45, 7) is 3.89. The molecule has 0 aromatic carbocycles. The minimum absolute atomic E-state index is 0.355. The smallest absolute Gasteiger partial charge is 0.171 e. The molecule has 0 saturated heterocycles. The van der Waals surface area contributed by atoms with Crippen LogP contribution in [0.1, 0.15) is 41.1 Å². The van der Waals surface area contributed by atoms with Gasteiger partial charge in [0.2, 0.25) is 0 Å². The molecule has 1 aliphatic carbocycles. The maximum absolute atomic E-state index is 5.90. The summed E-state index contributed by atoms with van der Waals surface area (Å²) in [5.41, 5.74) is 10.9. The fourth-order valence-electron chi connectivity index (χ4n) is 2.71. The van der Waals surface area contributed by atoms with E-state index < -0.39 is 0 Å². The number of hydrogen-bond acceptors (Lipinski definition) is 4. The van der Waals surface area contributed by atoms with Crippen molar-refractivity contribution < 1.29 is 0 Å². The van der Waals surface area contributed by atoms with E-state index in [9.17, 15) is 0 Å². The predicted octanol–water partition coefficient (Wildman–Crippen LogP) is 1.79. The molecule has 104 valence electrons. The van der Waals surface area contributed by atoms with Crippen molar-refractivity contribution in [2.45, 2.75) is 39.5 Å². The van der Waals surface area contributed by atoms with Crippen molar-refractivity contribution in [3.63, 3.8) is 0 Å². The zero-order chi connectivity index (χ0) is 14.3. The normalized spacial score (nSPS) is 14.1. The third kappa shape index (κ3) is 2.00. The Morgan fingerprint density at radius 2 is 2.00 bits per heavy atom. The molecule has 5 nitrogen and oxygen atoms in total. The van der Waals surface area contributed by atoms with E-state index in [1.807, 2.05) is 24.7 Å². The summed E-state index contributed by atoms with van der Waals surface area (Å²) >= 11 is 5.20. The zero-order valence-electron chi connectivity index (χ0n) is 11.7. The van der Waals surface area contributed by atoms with Gasteiger partial charge in [-0.15, -0.1) is 5.10 Å². The number of rotatable bonds is 2. The molecule has 0 amide bonds. The van der Waals surface area contributed by atoms with E-state index in [4.69, 9.17) is 18.0 Å². The highest BCUT2D eigenvalue weighted by molar-refractivity contribution is 7.80. The molecule has 0 radical (unpaired) electrons. The maximum Gasteiger partial charge on any atom is 0.171 e. The van der Waals surface area contributed by atoms with Crippen molar-refractivity contribution in [2.75, 3.05) is 0 Å². The Kier molecular flexibility index (Phi) is 3.25. The number of aromatic nitrogens is 4. The molecule has 2 aromatic rings. The van der Waals surface area contributed by atoms with Gasteiger partial charge in [0.15, 0.2) is 5.82 Å². The molecule has 0 unspecified atom stereocenters. The van der Waals surface area contributed by atoms with Crippen LogP contribution < -0.4 is 5.73 Å². The lowest BCUT2D eigenvalue weighted by atomic mass is 10.0. The van der Waals surface area contributed by atoms with Crippen LogP contribution in [0.15, 0.2) is 6.33 Å². The van der Waals surface area contributed by atoms with Crippen molar-refractivity contribution in [2.24, 2.45) is 5.73 Å². The second kappa shape index (κ2) is 4.94. The average molecular weight is 287 g/mol. The first-order valence-corrected chi connectivity index (χ1v) is 7.19. The summed E-state index contributed by atoms with van der Waals surface area (Å²) < 4.78 is 2.00. The molecule has 2 aromatic heterocycles. The molecule has 1 aliphatic rings. The SMILES string of the molecule is Cc1nnc(-n2cnc3c2CCCC3)c(C(N)=S)c1C. The van der Waals surface area contributed by atoms with Crippen molar-refractivity contribution in [1.29, 1.82) is 0 Å². The Labute approximate surface area is 123 Å². The number of aryl methyl sites for hydroxylation is 2.